The van der Waals surface area contributed by atoms with E-state index in [9.17, 15) is 44.3 Å². The predicted octanol–water partition coefficient (Wildman–Crippen LogP) is 4.06. The Labute approximate surface area is 131 Å². The summed E-state index contributed by atoms with van der Waals surface area (Å²) in [7, 11) is 0. The van der Waals surface area contributed by atoms with E-state index in [1.807, 2.05) is 0 Å². The van der Waals surface area contributed by atoms with Gasteiger partial charge in [0.2, 0.25) is 0 Å². The standard InChI is InChI=1S/C11H5F9O3S/c12-9(13,14)8(22,10(15,16)17)7(21)23-5-1-3-6(4-2-5)24-11(18,19)20/h1-4,22H. The topological polar surface area (TPSA) is 46.5 Å². The van der Waals surface area contributed by atoms with Crippen LogP contribution < -0.4 is 4.74 Å². The maximum absolute atomic E-state index is 12.4. The van der Waals surface area contributed by atoms with Crippen molar-refractivity contribution in [3.8, 4) is 5.75 Å². The molecule has 0 aliphatic heterocycles. The van der Waals surface area contributed by atoms with E-state index in [-0.39, 0.29) is 0 Å². The first-order valence-corrected chi connectivity index (χ1v) is 6.33. The number of hydrogen-bond donors (Lipinski definition) is 1. The Morgan fingerprint density at radius 3 is 1.62 bits per heavy atom. The number of thioether (sulfide) groups is 1. The maximum Gasteiger partial charge on any atom is 0.446 e. The van der Waals surface area contributed by atoms with Crippen molar-refractivity contribution in [2.24, 2.45) is 0 Å². The summed E-state index contributed by atoms with van der Waals surface area (Å²) in [5, 5.41) is 8.74. The molecule has 1 aromatic carbocycles. The van der Waals surface area contributed by atoms with Gasteiger partial charge in [0.1, 0.15) is 5.75 Å². The van der Waals surface area contributed by atoms with Gasteiger partial charge in [-0.25, -0.2) is 4.79 Å². The number of benzene rings is 1. The van der Waals surface area contributed by atoms with Crippen LogP contribution in [-0.2, 0) is 4.79 Å². The monoisotopic (exact) mass is 388 g/mol. The summed E-state index contributed by atoms with van der Waals surface area (Å²) in [5.74, 6) is -4.00. The molecule has 1 N–H and O–H groups in total. The lowest BCUT2D eigenvalue weighted by Crippen LogP contribution is -2.63. The quantitative estimate of drug-likeness (QED) is 0.367. The zero-order valence-electron chi connectivity index (χ0n) is 10.9. The third kappa shape index (κ3) is 4.47. The van der Waals surface area contributed by atoms with Crippen molar-refractivity contribution < 1.29 is 54.2 Å². The van der Waals surface area contributed by atoms with Crippen molar-refractivity contribution in [2.45, 2.75) is 28.4 Å². The van der Waals surface area contributed by atoms with E-state index in [4.69, 9.17) is 5.11 Å². The zero-order valence-corrected chi connectivity index (χ0v) is 11.7. The average Bonchev–Trinajstić information content (AvgIpc) is 2.35. The van der Waals surface area contributed by atoms with Gasteiger partial charge in [0.25, 0.3) is 0 Å². The van der Waals surface area contributed by atoms with Gasteiger partial charge in [0.15, 0.2) is 0 Å². The molecule has 0 aliphatic rings. The minimum atomic E-state index is -6.42. The van der Waals surface area contributed by atoms with E-state index in [1.54, 1.807) is 0 Å². The van der Waals surface area contributed by atoms with E-state index in [2.05, 4.69) is 4.74 Å². The fourth-order valence-electron chi connectivity index (χ4n) is 1.28. The van der Waals surface area contributed by atoms with E-state index in [0.29, 0.717) is 24.3 Å². The van der Waals surface area contributed by atoms with Crippen molar-refractivity contribution in [1.82, 2.24) is 0 Å². The molecule has 0 atom stereocenters. The highest BCUT2D eigenvalue weighted by Crippen LogP contribution is 2.44. The van der Waals surface area contributed by atoms with Crippen LogP contribution in [0.1, 0.15) is 0 Å². The summed E-state index contributed by atoms with van der Waals surface area (Å²) in [5.41, 5.74) is -10.5. The van der Waals surface area contributed by atoms with Crippen LogP contribution in [0.3, 0.4) is 0 Å². The van der Waals surface area contributed by atoms with Crippen LogP contribution >= 0.6 is 11.8 Å². The minimum Gasteiger partial charge on any atom is -0.424 e. The first-order chi connectivity index (χ1) is 10.6. The lowest BCUT2D eigenvalue weighted by Gasteiger charge is -2.29. The summed E-state index contributed by atoms with van der Waals surface area (Å²) in [4.78, 5) is 10.7. The van der Waals surface area contributed by atoms with E-state index < -0.39 is 51.8 Å². The Morgan fingerprint density at radius 1 is 0.875 bits per heavy atom. The summed E-state index contributed by atoms with van der Waals surface area (Å²) in [6.07, 6.45) is -12.8. The second-order valence-electron chi connectivity index (χ2n) is 4.11. The van der Waals surface area contributed by atoms with Gasteiger partial charge in [0, 0.05) is 4.90 Å². The third-order valence-corrected chi connectivity index (χ3v) is 3.12. The largest absolute Gasteiger partial charge is 0.446 e. The molecule has 0 spiro atoms. The third-order valence-electron chi connectivity index (χ3n) is 2.38. The number of aliphatic hydroxyl groups is 1. The van der Waals surface area contributed by atoms with Gasteiger partial charge in [-0.2, -0.15) is 39.5 Å². The second-order valence-corrected chi connectivity index (χ2v) is 5.25. The molecule has 0 fully saturated rings. The number of carbonyl (C=O) groups is 1. The molecule has 0 bridgehead atoms. The highest BCUT2D eigenvalue weighted by atomic mass is 32.2. The van der Waals surface area contributed by atoms with Crippen molar-refractivity contribution in [2.75, 3.05) is 0 Å². The molecule has 1 aromatic rings. The lowest BCUT2D eigenvalue weighted by atomic mass is 10.0. The fraction of sp³-hybridized carbons (Fsp3) is 0.364. The van der Waals surface area contributed by atoms with Crippen LogP contribution in [0.25, 0.3) is 0 Å². The van der Waals surface area contributed by atoms with Gasteiger partial charge in [-0.1, -0.05) is 0 Å². The van der Waals surface area contributed by atoms with Gasteiger partial charge >= 0.3 is 29.4 Å². The molecule has 0 radical (unpaired) electrons. The molecule has 13 heteroatoms. The molecule has 0 saturated heterocycles. The molecule has 136 valence electrons. The minimum absolute atomic E-state index is 0.454. The Kier molecular flexibility index (Phi) is 5.40. The number of halogens is 9. The Hall–Kier alpha value is -1.63. The van der Waals surface area contributed by atoms with Gasteiger partial charge < -0.3 is 9.84 Å². The SMILES string of the molecule is O=C(Oc1ccc(SC(F)(F)F)cc1)C(O)(C(F)(F)F)C(F)(F)F. The zero-order chi connectivity index (χ0) is 19.0. The molecular weight excluding hydrogens is 383 g/mol. The molecule has 0 saturated carbocycles. The molecule has 3 nitrogen and oxygen atoms in total. The van der Waals surface area contributed by atoms with Crippen LogP contribution in [0, 0.1) is 0 Å². The van der Waals surface area contributed by atoms with Crippen molar-refractivity contribution >= 4 is 17.7 Å². The number of rotatable bonds is 3. The summed E-state index contributed by atoms with van der Waals surface area (Å²) in [6.45, 7) is 0. The average molecular weight is 388 g/mol. The molecular formula is C11H5F9O3S. The van der Waals surface area contributed by atoms with Crippen molar-refractivity contribution in [3.05, 3.63) is 24.3 Å². The first kappa shape index (κ1) is 20.4. The molecule has 0 heterocycles. The highest BCUT2D eigenvalue weighted by Gasteiger charge is 2.76. The van der Waals surface area contributed by atoms with Gasteiger partial charge in [-0.05, 0) is 36.0 Å². The highest BCUT2D eigenvalue weighted by molar-refractivity contribution is 8.00. The van der Waals surface area contributed by atoms with Gasteiger partial charge in [-0.15, -0.1) is 0 Å². The van der Waals surface area contributed by atoms with Crippen LogP contribution in [0.5, 0.6) is 5.75 Å². The normalized spacial score (nSPS) is 13.8. The molecule has 0 unspecified atom stereocenters. The number of carbonyl (C=O) groups excluding carboxylic acids is 1. The van der Waals surface area contributed by atoms with Crippen molar-refractivity contribution in [3.63, 3.8) is 0 Å². The second kappa shape index (κ2) is 6.35. The first-order valence-electron chi connectivity index (χ1n) is 5.52. The summed E-state index contributed by atoms with van der Waals surface area (Å²) < 4.78 is 114. The fourth-order valence-corrected chi connectivity index (χ4v) is 1.82. The van der Waals surface area contributed by atoms with E-state index in [0.717, 1.165) is 0 Å². The van der Waals surface area contributed by atoms with E-state index >= 15 is 0 Å². The van der Waals surface area contributed by atoms with Crippen LogP contribution in [0.2, 0.25) is 0 Å². The maximum atomic E-state index is 12.4. The lowest BCUT2D eigenvalue weighted by molar-refractivity contribution is -0.354. The predicted molar refractivity (Wildman–Crippen MR) is 61.0 cm³/mol. The number of esters is 1. The number of ether oxygens (including phenoxy) is 1. The van der Waals surface area contributed by atoms with E-state index in [1.165, 1.54) is 0 Å². The van der Waals surface area contributed by atoms with Crippen LogP contribution in [0.15, 0.2) is 29.2 Å². The van der Waals surface area contributed by atoms with Gasteiger partial charge in [-0.3, -0.25) is 0 Å². The Balaban J connectivity index is 3.01. The van der Waals surface area contributed by atoms with Crippen LogP contribution in [0.4, 0.5) is 39.5 Å². The molecule has 0 aliphatic carbocycles. The molecule has 0 aromatic heterocycles. The molecule has 0 amide bonds. The smallest absolute Gasteiger partial charge is 0.424 e. The Morgan fingerprint density at radius 2 is 1.29 bits per heavy atom. The number of alkyl halides is 9. The summed E-state index contributed by atoms with van der Waals surface area (Å²) >= 11 is -0.607. The number of hydrogen-bond acceptors (Lipinski definition) is 4. The van der Waals surface area contributed by atoms with Gasteiger partial charge in [0.05, 0.1) is 0 Å². The van der Waals surface area contributed by atoms with Crippen LogP contribution in [-0.4, -0.2) is 34.5 Å². The van der Waals surface area contributed by atoms with Crippen molar-refractivity contribution in [1.29, 1.82) is 0 Å². The molecule has 24 heavy (non-hydrogen) atoms. The summed E-state index contributed by atoms with van der Waals surface area (Å²) in [6, 6.07) is 2.39. The molecule has 1 rings (SSSR count). The Bertz CT molecular complexity index is 575.